The zero-order valence-electron chi connectivity index (χ0n) is 12.8. The van der Waals surface area contributed by atoms with E-state index in [1.807, 2.05) is 36.1 Å². The van der Waals surface area contributed by atoms with E-state index in [0.717, 1.165) is 24.5 Å². The zero-order chi connectivity index (χ0) is 14.7. The topological polar surface area (TPSA) is 50.8 Å². The monoisotopic (exact) mass is 326 g/mol. The Morgan fingerprint density at radius 3 is 2.86 bits per heavy atom. The summed E-state index contributed by atoms with van der Waals surface area (Å²) in [7, 11) is 0. The third-order valence-electron chi connectivity index (χ3n) is 4.01. The average Bonchev–Trinajstić information content (AvgIpc) is 2.45. The number of hydrogen-bond donors (Lipinski definition) is 1. The van der Waals surface area contributed by atoms with E-state index in [4.69, 9.17) is 9.47 Å². The molecule has 122 valence electrons. The minimum Gasteiger partial charge on any atom is -0.486 e. The Morgan fingerprint density at radius 2 is 2.18 bits per heavy atom. The summed E-state index contributed by atoms with van der Waals surface area (Å²) in [6.45, 7) is 5.59. The quantitative estimate of drug-likeness (QED) is 0.908. The van der Waals surface area contributed by atoms with Crippen molar-refractivity contribution in [2.75, 3.05) is 32.8 Å². The van der Waals surface area contributed by atoms with Crippen LogP contribution in [0.5, 0.6) is 5.75 Å². The van der Waals surface area contributed by atoms with Crippen LogP contribution in [0.1, 0.15) is 12.0 Å². The van der Waals surface area contributed by atoms with E-state index in [9.17, 15) is 4.79 Å². The Balaban J connectivity index is 0.00000176. The molecule has 0 radical (unpaired) electrons. The predicted octanol–water partition coefficient (Wildman–Crippen LogP) is 1.38. The van der Waals surface area contributed by atoms with Crippen LogP contribution in [0, 0.1) is 6.92 Å². The van der Waals surface area contributed by atoms with Crippen LogP contribution in [0.25, 0.3) is 0 Å². The number of carbonyl (C=O) groups is 1. The van der Waals surface area contributed by atoms with Gasteiger partial charge in [-0.2, -0.15) is 0 Å². The van der Waals surface area contributed by atoms with Crippen LogP contribution in [0.4, 0.5) is 0 Å². The number of likely N-dealkylation sites (tertiary alicyclic amines) is 1. The Bertz CT molecular complexity index is 500. The average molecular weight is 327 g/mol. The van der Waals surface area contributed by atoms with Gasteiger partial charge in [-0.3, -0.25) is 4.79 Å². The van der Waals surface area contributed by atoms with Crippen LogP contribution < -0.4 is 10.1 Å². The molecular weight excluding hydrogens is 304 g/mol. The number of morpholine rings is 1. The normalized spacial score (nSPS) is 21.7. The first-order valence-corrected chi connectivity index (χ1v) is 7.53. The lowest BCUT2D eigenvalue weighted by Gasteiger charge is -2.40. The third kappa shape index (κ3) is 4.12. The van der Waals surface area contributed by atoms with Crippen molar-refractivity contribution in [1.29, 1.82) is 0 Å². The summed E-state index contributed by atoms with van der Waals surface area (Å²) in [6, 6.07) is 8.13. The SMILES string of the molecule is Cc1ccccc1OC1CN(C(=O)CC2COCCN2)C1.Cl. The first kappa shape index (κ1) is 17.1. The van der Waals surface area contributed by atoms with Gasteiger partial charge in [0, 0.05) is 19.0 Å². The molecule has 2 aliphatic rings. The van der Waals surface area contributed by atoms with Gasteiger partial charge in [0.1, 0.15) is 11.9 Å². The van der Waals surface area contributed by atoms with Crippen LogP contribution in [-0.2, 0) is 9.53 Å². The molecule has 1 unspecified atom stereocenters. The molecule has 0 saturated carbocycles. The van der Waals surface area contributed by atoms with Crippen molar-refractivity contribution < 1.29 is 14.3 Å². The third-order valence-corrected chi connectivity index (χ3v) is 4.01. The van der Waals surface area contributed by atoms with Gasteiger partial charge >= 0.3 is 0 Å². The first-order valence-electron chi connectivity index (χ1n) is 7.53. The maximum atomic E-state index is 12.1. The van der Waals surface area contributed by atoms with Gasteiger partial charge in [-0.15, -0.1) is 12.4 Å². The number of halogens is 1. The van der Waals surface area contributed by atoms with E-state index in [1.165, 1.54) is 0 Å². The number of benzene rings is 1. The van der Waals surface area contributed by atoms with Gasteiger partial charge in [-0.1, -0.05) is 18.2 Å². The molecule has 0 aromatic heterocycles. The molecule has 2 aliphatic heterocycles. The van der Waals surface area contributed by atoms with E-state index in [1.54, 1.807) is 0 Å². The van der Waals surface area contributed by atoms with Crippen molar-refractivity contribution in [1.82, 2.24) is 10.2 Å². The molecule has 1 aromatic carbocycles. The maximum absolute atomic E-state index is 12.1. The highest BCUT2D eigenvalue weighted by molar-refractivity contribution is 5.85. The number of rotatable bonds is 4. The van der Waals surface area contributed by atoms with Crippen LogP contribution in [0.15, 0.2) is 24.3 Å². The summed E-state index contributed by atoms with van der Waals surface area (Å²) in [5, 5.41) is 3.31. The van der Waals surface area contributed by atoms with Gasteiger partial charge in [0.2, 0.25) is 5.91 Å². The Morgan fingerprint density at radius 1 is 1.41 bits per heavy atom. The molecule has 0 spiro atoms. The molecule has 1 aromatic rings. The Labute approximate surface area is 137 Å². The van der Waals surface area contributed by atoms with Crippen LogP contribution >= 0.6 is 12.4 Å². The highest BCUT2D eigenvalue weighted by Gasteiger charge is 2.33. The van der Waals surface area contributed by atoms with E-state index >= 15 is 0 Å². The summed E-state index contributed by atoms with van der Waals surface area (Å²) in [5.41, 5.74) is 1.13. The lowest BCUT2D eigenvalue weighted by Crippen LogP contribution is -2.57. The number of ether oxygens (including phenoxy) is 2. The molecular formula is C16H23ClN2O3. The van der Waals surface area contributed by atoms with Crippen molar-refractivity contribution in [2.24, 2.45) is 0 Å². The van der Waals surface area contributed by atoms with Crippen molar-refractivity contribution in [3.63, 3.8) is 0 Å². The fraction of sp³-hybridized carbons (Fsp3) is 0.562. The maximum Gasteiger partial charge on any atom is 0.224 e. The van der Waals surface area contributed by atoms with Crippen LogP contribution in [-0.4, -0.2) is 55.8 Å². The lowest BCUT2D eigenvalue weighted by molar-refractivity contribution is -0.141. The fourth-order valence-electron chi connectivity index (χ4n) is 2.68. The second kappa shape index (κ2) is 7.81. The molecule has 1 amide bonds. The molecule has 2 saturated heterocycles. The minimum absolute atomic E-state index is 0. The molecule has 3 rings (SSSR count). The van der Waals surface area contributed by atoms with Crippen molar-refractivity contribution in [2.45, 2.75) is 25.5 Å². The van der Waals surface area contributed by atoms with Crippen molar-refractivity contribution >= 4 is 18.3 Å². The van der Waals surface area contributed by atoms with E-state index in [0.29, 0.717) is 26.1 Å². The Hall–Kier alpha value is -1.30. The summed E-state index contributed by atoms with van der Waals surface area (Å²) >= 11 is 0. The van der Waals surface area contributed by atoms with E-state index < -0.39 is 0 Å². The summed E-state index contributed by atoms with van der Waals surface area (Å²) < 4.78 is 11.3. The smallest absolute Gasteiger partial charge is 0.224 e. The molecule has 2 heterocycles. The van der Waals surface area contributed by atoms with Crippen molar-refractivity contribution in [3.05, 3.63) is 29.8 Å². The summed E-state index contributed by atoms with van der Waals surface area (Å²) in [5.74, 6) is 1.10. The standard InChI is InChI=1S/C16H22N2O3.ClH/c1-12-4-2-3-5-15(12)21-14-9-18(10-14)16(19)8-13-11-20-7-6-17-13;/h2-5,13-14,17H,6-11H2,1H3;1H. The lowest BCUT2D eigenvalue weighted by atomic mass is 10.1. The summed E-state index contributed by atoms with van der Waals surface area (Å²) in [4.78, 5) is 14.0. The van der Waals surface area contributed by atoms with Crippen LogP contribution in [0.3, 0.4) is 0 Å². The second-order valence-electron chi connectivity index (χ2n) is 5.73. The number of aryl methyl sites for hydroxylation is 1. The number of hydrogen-bond acceptors (Lipinski definition) is 4. The number of nitrogens with one attached hydrogen (secondary N) is 1. The number of nitrogens with zero attached hydrogens (tertiary/aromatic N) is 1. The molecule has 22 heavy (non-hydrogen) atoms. The molecule has 1 atom stereocenters. The van der Waals surface area contributed by atoms with Gasteiger partial charge in [-0.05, 0) is 18.6 Å². The van der Waals surface area contributed by atoms with Gasteiger partial charge in [-0.25, -0.2) is 0 Å². The number of amides is 1. The summed E-state index contributed by atoms with van der Waals surface area (Å²) in [6.07, 6.45) is 0.627. The molecule has 1 N–H and O–H groups in total. The minimum atomic E-state index is 0. The Kier molecular flexibility index (Phi) is 6.06. The molecule has 2 fully saturated rings. The largest absolute Gasteiger partial charge is 0.486 e. The van der Waals surface area contributed by atoms with Gasteiger partial charge in [0.25, 0.3) is 0 Å². The fourth-order valence-corrected chi connectivity index (χ4v) is 2.68. The van der Waals surface area contributed by atoms with E-state index in [-0.39, 0.29) is 30.5 Å². The van der Waals surface area contributed by atoms with Gasteiger partial charge < -0.3 is 19.7 Å². The molecule has 6 heteroatoms. The number of para-hydroxylation sites is 1. The zero-order valence-corrected chi connectivity index (χ0v) is 13.6. The van der Waals surface area contributed by atoms with Gasteiger partial charge in [0.05, 0.1) is 26.3 Å². The highest BCUT2D eigenvalue weighted by Crippen LogP contribution is 2.22. The second-order valence-corrected chi connectivity index (χ2v) is 5.73. The van der Waals surface area contributed by atoms with Crippen molar-refractivity contribution in [3.8, 4) is 5.75 Å². The first-order chi connectivity index (χ1) is 10.2. The molecule has 5 nitrogen and oxygen atoms in total. The van der Waals surface area contributed by atoms with Gasteiger partial charge in [0.15, 0.2) is 0 Å². The van der Waals surface area contributed by atoms with E-state index in [2.05, 4.69) is 5.32 Å². The highest BCUT2D eigenvalue weighted by atomic mass is 35.5. The molecule has 0 bridgehead atoms. The number of carbonyl (C=O) groups excluding carboxylic acids is 1. The predicted molar refractivity (Wildman–Crippen MR) is 86.6 cm³/mol. The molecule has 0 aliphatic carbocycles. The van der Waals surface area contributed by atoms with Crippen LogP contribution in [0.2, 0.25) is 0 Å².